The second-order valence-corrected chi connectivity index (χ2v) is 6.28. The normalized spacial score (nSPS) is 17.3. The Morgan fingerprint density at radius 1 is 1.12 bits per heavy atom. The summed E-state index contributed by atoms with van der Waals surface area (Å²) in [4.78, 5) is 12.3. The van der Waals surface area contributed by atoms with E-state index in [9.17, 15) is 9.18 Å². The van der Waals surface area contributed by atoms with Gasteiger partial charge in [-0.25, -0.2) is 4.39 Å². The predicted molar refractivity (Wildman–Crippen MR) is 97.1 cm³/mol. The summed E-state index contributed by atoms with van der Waals surface area (Å²) in [5.74, 6) is -0.439. The lowest BCUT2D eigenvalue weighted by Gasteiger charge is -2.31. The van der Waals surface area contributed by atoms with Gasteiger partial charge in [-0.1, -0.05) is 23.7 Å². The van der Waals surface area contributed by atoms with Crippen molar-refractivity contribution in [2.24, 2.45) is 0 Å². The van der Waals surface area contributed by atoms with E-state index in [4.69, 9.17) is 23.8 Å². The third-order valence-electron chi connectivity index (χ3n) is 3.79. The van der Waals surface area contributed by atoms with Crippen molar-refractivity contribution in [3.63, 3.8) is 0 Å². The lowest BCUT2D eigenvalue weighted by Crippen LogP contribution is -2.44. The van der Waals surface area contributed by atoms with Gasteiger partial charge in [-0.3, -0.25) is 4.79 Å². The number of thiocarbonyl (C=S) groups is 1. The quantitative estimate of drug-likeness (QED) is 0.812. The molecule has 2 N–H and O–H groups in total. The molecule has 0 amide bonds. The van der Waals surface area contributed by atoms with E-state index < -0.39 is 6.04 Å². The Balaban J connectivity index is 2.15. The average Bonchev–Trinajstić information content (AvgIpc) is 2.55. The highest BCUT2D eigenvalue weighted by molar-refractivity contribution is 7.80. The molecule has 3 nitrogen and oxygen atoms in total. The molecule has 122 valence electrons. The third-order valence-corrected chi connectivity index (χ3v) is 4.26. The summed E-state index contributed by atoms with van der Waals surface area (Å²) in [5.41, 5.74) is 2.70. The van der Waals surface area contributed by atoms with Crippen LogP contribution in [0.25, 0.3) is 5.70 Å². The molecule has 3 rings (SSSR count). The van der Waals surface area contributed by atoms with Gasteiger partial charge < -0.3 is 10.6 Å². The number of carbonyl (C=O) groups excluding carboxylic acids is 1. The average molecular weight is 361 g/mol. The molecule has 24 heavy (non-hydrogen) atoms. The van der Waals surface area contributed by atoms with Gasteiger partial charge >= 0.3 is 0 Å². The molecule has 2 aromatic carbocycles. The number of Topliss-reactive ketones (excluding diaryl/α,β-unsaturated/α-hetero) is 1. The van der Waals surface area contributed by atoms with E-state index in [-0.39, 0.29) is 11.6 Å². The number of nitrogens with one attached hydrogen (secondary N) is 2. The Kier molecular flexibility index (Phi) is 4.64. The van der Waals surface area contributed by atoms with Crippen molar-refractivity contribution in [2.45, 2.75) is 13.0 Å². The number of ketones is 1. The highest BCUT2D eigenvalue weighted by atomic mass is 35.5. The van der Waals surface area contributed by atoms with Crippen molar-refractivity contribution in [3.8, 4) is 0 Å². The Labute approximate surface area is 149 Å². The molecule has 6 heteroatoms. The van der Waals surface area contributed by atoms with E-state index in [1.807, 2.05) is 12.1 Å². The zero-order chi connectivity index (χ0) is 17.3. The monoisotopic (exact) mass is 360 g/mol. The van der Waals surface area contributed by atoms with Gasteiger partial charge in [0.05, 0.1) is 11.7 Å². The lowest BCUT2D eigenvalue weighted by molar-refractivity contribution is -0.113. The van der Waals surface area contributed by atoms with Gasteiger partial charge in [-0.15, -0.1) is 0 Å². The van der Waals surface area contributed by atoms with Gasteiger partial charge in [0.25, 0.3) is 0 Å². The lowest BCUT2D eigenvalue weighted by atomic mass is 9.90. The number of halogens is 2. The van der Waals surface area contributed by atoms with Gasteiger partial charge in [-0.2, -0.15) is 0 Å². The summed E-state index contributed by atoms with van der Waals surface area (Å²) in [6.45, 7) is 1.50. The minimum Gasteiger partial charge on any atom is -0.351 e. The smallest absolute Gasteiger partial charge is 0.171 e. The van der Waals surface area contributed by atoms with Gasteiger partial charge in [-0.05, 0) is 66.7 Å². The van der Waals surface area contributed by atoms with Gasteiger partial charge in [0, 0.05) is 10.6 Å². The number of hydrogen-bond donors (Lipinski definition) is 2. The van der Waals surface area contributed by atoms with E-state index in [2.05, 4.69) is 10.6 Å². The first-order valence-electron chi connectivity index (χ1n) is 7.29. The van der Waals surface area contributed by atoms with E-state index >= 15 is 0 Å². The summed E-state index contributed by atoms with van der Waals surface area (Å²) in [6.07, 6.45) is 0. The molecule has 0 aromatic heterocycles. The molecule has 2 aromatic rings. The molecule has 0 bridgehead atoms. The molecule has 0 unspecified atom stereocenters. The van der Waals surface area contributed by atoms with Crippen LogP contribution >= 0.6 is 23.8 Å². The number of rotatable bonds is 3. The Hall–Kier alpha value is -2.24. The van der Waals surface area contributed by atoms with Crippen molar-refractivity contribution in [1.29, 1.82) is 0 Å². The highest BCUT2D eigenvalue weighted by Gasteiger charge is 2.30. The molecule has 0 fully saturated rings. The molecule has 0 saturated carbocycles. The van der Waals surface area contributed by atoms with Crippen molar-refractivity contribution < 1.29 is 9.18 Å². The number of benzene rings is 2. The van der Waals surface area contributed by atoms with Crippen LogP contribution in [0.1, 0.15) is 24.1 Å². The Bertz CT molecular complexity index is 831. The van der Waals surface area contributed by atoms with Crippen LogP contribution in [0, 0.1) is 5.82 Å². The second kappa shape index (κ2) is 6.71. The maximum atomic E-state index is 13.2. The first-order chi connectivity index (χ1) is 11.5. The SMILES string of the molecule is CC(=O)C1=C(c2ccc(F)cc2)NC(=S)N[C@H]1c1ccc(Cl)cc1. The summed E-state index contributed by atoms with van der Waals surface area (Å²) in [5, 5.41) is 7.16. The van der Waals surface area contributed by atoms with E-state index in [0.717, 1.165) is 5.56 Å². The minimum absolute atomic E-state index is 0.100. The molecule has 1 atom stereocenters. The van der Waals surface area contributed by atoms with Crippen LogP contribution < -0.4 is 10.6 Å². The maximum Gasteiger partial charge on any atom is 0.171 e. The standard InChI is InChI=1S/C18H14ClFN2OS/c1-10(23)15-16(11-2-6-13(19)7-3-11)21-18(24)22-17(15)12-4-8-14(20)9-5-12/h2-9,16H,1H3,(H2,21,22,24)/t16-/m0/s1. The first-order valence-corrected chi connectivity index (χ1v) is 8.08. The van der Waals surface area contributed by atoms with Crippen molar-refractivity contribution >= 4 is 40.4 Å². The molecule has 0 aliphatic carbocycles. The molecule has 0 radical (unpaired) electrons. The van der Waals surface area contributed by atoms with Crippen molar-refractivity contribution in [1.82, 2.24) is 10.6 Å². The zero-order valence-electron chi connectivity index (χ0n) is 12.8. The first kappa shape index (κ1) is 16.6. The Morgan fingerprint density at radius 2 is 1.75 bits per heavy atom. The summed E-state index contributed by atoms with van der Waals surface area (Å²) < 4.78 is 13.2. The van der Waals surface area contributed by atoms with Gasteiger partial charge in [0.15, 0.2) is 10.9 Å². The minimum atomic E-state index is -0.395. The highest BCUT2D eigenvalue weighted by Crippen LogP contribution is 2.32. The van der Waals surface area contributed by atoms with E-state index in [0.29, 0.717) is 27.0 Å². The van der Waals surface area contributed by atoms with E-state index in [1.54, 1.807) is 24.3 Å². The second-order valence-electron chi connectivity index (χ2n) is 5.43. The molecule has 0 spiro atoms. The molecule has 1 aliphatic heterocycles. The van der Waals surface area contributed by atoms with Gasteiger partial charge in [0.1, 0.15) is 5.82 Å². The Morgan fingerprint density at radius 3 is 2.33 bits per heavy atom. The van der Waals surface area contributed by atoms with Crippen LogP contribution in [0.3, 0.4) is 0 Å². The summed E-state index contributed by atoms with van der Waals surface area (Å²) in [7, 11) is 0. The third kappa shape index (κ3) is 3.32. The molecular weight excluding hydrogens is 347 g/mol. The molecular formula is C18H14ClFN2OS. The molecule has 1 heterocycles. The topological polar surface area (TPSA) is 41.1 Å². The largest absolute Gasteiger partial charge is 0.351 e. The fourth-order valence-corrected chi connectivity index (χ4v) is 3.04. The van der Waals surface area contributed by atoms with Crippen LogP contribution in [-0.2, 0) is 4.79 Å². The molecule has 0 saturated heterocycles. The predicted octanol–water partition coefficient (Wildman–Crippen LogP) is 4.00. The fraction of sp³-hybridized carbons (Fsp3) is 0.111. The van der Waals surface area contributed by atoms with Gasteiger partial charge in [0.2, 0.25) is 0 Å². The van der Waals surface area contributed by atoms with Crippen LogP contribution in [0.5, 0.6) is 0 Å². The van der Waals surface area contributed by atoms with Crippen molar-refractivity contribution in [2.75, 3.05) is 0 Å². The van der Waals surface area contributed by atoms with Crippen LogP contribution in [0.4, 0.5) is 4.39 Å². The summed E-state index contributed by atoms with van der Waals surface area (Å²) >= 11 is 11.2. The van der Waals surface area contributed by atoms with Crippen LogP contribution in [-0.4, -0.2) is 10.9 Å². The molecule has 1 aliphatic rings. The number of carbonyl (C=O) groups is 1. The number of hydrogen-bond acceptors (Lipinski definition) is 2. The van der Waals surface area contributed by atoms with Crippen molar-refractivity contribution in [3.05, 3.63) is 76.1 Å². The van der Waals surface area contributed by atoms with E-state index in [1.165, 1.54) is 19.1 Å². The van der Waals surface area contributed by atoms with Crippen LogP contribution in [0.15, 0.2) is 54.1 Å². The maximum absolute atomic E-state index is 13.2. The van der Waals surface area contributed by atoms with Crippen LogP contribution in [0.2, 0.25) is 5.02 Å². The zero-order valence-corrected chi connectivity index (χ0v) is 14.3. The fourth-order valence-electron chi connectivity index (χ4n) is 2.69. The summed E-state index contributed by atoms with van der Waals surface area (Å²) in [6, 6.07) is 12.8.